The molecule has 152 valence electrons. The Labute approximate surface area is 178 Å². The summed E-state index contributed by atoms with van der Waals surface area (Å²) >= 11 is 12.2. The van der Waals surface area contributed by atoms with Crippen LogP contribution in [0.2, 0.25) is 10.0 Å². The number of nitrogens with one attached hydrogen (secondary N) is 1. The van der Waals surface area contributed by atoms with Gasteiger partial charge in [-0.2, -0.15) is 9.40 Å². The minimum Gasteiger partial charge on any atom is -0.310 e. The second-order valence-corrected chi connectivity index (χ2v) is 9.04. The Morgan fingerprint density at radius 1 is 1.10 bits per heavy atom. The number of anilines is 1. The van der Waals surface area contributed by atoms with Crippen molar-refractivity contribution >= 4 is 45.0 Å². The van der Waals surface area contributed by atoms with Crippen LogP contribution >= 0.6 is 23.2 Å². The highest BCUT2D eigenvalue weighted by Gasteiger charge is 2.23. The fourth-order valence-electron chi connectivity index (χ4n) is 2.64. The van der Waals surface area contributed by atoms with E-state index in [-0.39, 0.29) is 11.4 Å². The maximum Gasteiger partial charge on any atom is 0.243 e. The van der Waals surface area contributed by atoms with Crippen LogP contribution in [0.15, 0.2) is 65.7 Å². The van der Waals surface area contributed by atoms with Crippen molar-refractivity contribution < 1.29 is 13.2 Å². The standard InChI is InChI=1S/C19H18Cl2N4O3S/c1-24(29(27,28)15-7-3-2-4-8-15)13-18(26)23-17-10-11-22-25(17)12-14-6-5-9-16(20)19(14)21/h2-11H,12-13H2,1H3,(H,23,26). The van der Waals surface area contributed by atoms with Crippen LogP contribution in [0.4, 0.5) is 5.82 Å². The second kappa shape index (κ2) is 8.96. The molecule has 1 N–H and O–H groups in total. The minimum atomic E-state index is -3.76. The number of hydrogen-bond acceptors (Lipinski definition) is 4. The molecule has 0 atom stereocenters. The molecule has 29 heavy (non-hydrogen) atoms. The first-order chi connectivity index (χ1) is 13.8. The molecule has 0 aliphatic rings. The Kier molecular flexibility index (Phi) is 6.59. The molecule has 0 radical (unpaired) electrons. The van der Waals surface area contributed by atoms with Gasteiger partial charge in [-0.05, 0) is 23.8 Å². The van der Waals surface area contributed by atoms with Crippen LogP contribution in [0.5, 0.6) is 0 Å². The number of amides is 1. The number of carbonyl (C=O) groups is 1. The van der Waals surface area contributed by atoms with Crippen LogP contribution in [0, 0.1) is 0 Å². The number of aromatic nitrogens is 2. The van der Waals surface area contributed by atoms with E-state index in [1.165, 1.54) is 25.4 Å². The van der Waals surface area contributed by atoms with Crippen LogP contribution in [-0.4, -0.2) is 42.0 Å². The maximum absolute atomic E-state index is 12.5. The van der Waals surface area contributed by atoms with Crippen molar-refractivity contribution in [1.82, 2.24) is 14.1 Å². The number of nitrogens with zero attached hydrogens (tertiary/aromatic N) is 3. The van der Waals surface area contributed by atoms with E-state index in [1.54, 1.807) is 41.1 Å². The van der Waals surface area contributed by atoms with E-state index >= 15 is 0 Å². The first kappa shape index (κ1) is 21.3. The van der Waals surface area contributed by atoms with Crippen molar-refractivity contribution in [2.75, 3.05) is 18.9 Å². The third kappa shape index (κ3) is 4.97. The largest absolute Gasteiger partial charge is 0.310 e. The zero-order chi connectivity index (χ0) is 21.0. The Balaban J connectivity index is 1.69. The number of rotatable bonds is 7. The summed E-state index contributed by atoms with van der Waals surface area (Å²) in [6.07, 6.45) is 1.53. The van der Waals surface area contributed by atoms with Crippen LogP contribution in [0.1, 0.15) is 5.56 Å². The molecule has 0 unspecified atom stereocenters. The number of sulfonamides is 1. The molecule has 3 aromatic rings. The van der Waals surface area contributed by atoms with Gasteiger partial charge in [-0.3, -0.25) is 4.79 Å². The van der Waals surface area contributed by atoms with Crippen molar-refractivity contribution in [2.45, 2.75) is 11.4 Å². The maximum atomic E-state index is 12.5. The lowest BCUT2D eigenvalue weighted by Crippen LogP contribution is -2.35. The normalized spacial score (nSPS) is 11.6. The molecular weight excluding hydrogens is 435 g/mol. The molecule has 1 amide bonds. The summed E-state index contributed by atoms with van der Waals surface area (Å²) in [6.45, 7) is -0.0551. The summed E-state index contributed by atoms with van der Waals surface area (Å²) in [7, 11) is -2.41. The summed E-state index contributed by atoms with van der Waals surface area (Å²) in [6, 6.07) is 14.8. The van der Waals surface area contributed by atoms with Gasteiger partial charge in [-0.25, -0.2) is 13.1 Å². The zero-order valence-electron chi connectivity index (χ0n) is 15.4. The van der Waals surface area contributed by atoms with Gasteiger partial charge in [-0.1, -0.05) is 53.5 Å². The second-order valence-electron chi connectivity index (χ2n) is 6.21. The van der Waals surface area contributed by atoms with E-state index in [4.69, 9.17) is 23.2 Å². The van der Waals surface area contributed by atoms with Crippen molar-refractivity contribution in [3.63, 3.8) is 0 Å². The molecular formula is C19H18Cl2N4O3S. The topological polar surface area (TPSA) is 84.3 Å². The molecule has 0 spiro atoms. The minimum absolute atomic E-state index is 0.121. The SMILES string of the molecule is CN(CC(=O)Nc1ccnn1Cc1cccc(Cl)c1Cl)S(=O)(=O)c1ccccc1. The molecule has 0 bridgehead atoms. The lowest BCUT2D eigenvalue weighted by molar-refractivity contribution is -0.116. The summed E-state index contributed by atoms with van der Waals surface area (Å²) < 4.78 is 27.6. The average molecular weight is 453 g/mol. The average Bonchev–Trinajstić information content (AvgIpc) is 3.12. The van der Waals surface area contributed by atoms with Gasteiger partial charge in [0.15, 0.2) is 0 Å². The smallest absolute Gasteiger partial charge is 0.243 e. The molecule has 1 heterocycles. The third-order valence-corrected chi connectivity index (χ3v) is 6.83. The van der Waals surface area contributed by atoms with Crippen molar-refractivity contribution in [3.05, 3.63) is 76.4 Å². The van der Waals surface area contributed by atoms with Gasteiger partial charge in [0.25, 0.3) is 0 Å². The van der Waals surface area contributed by atoms with E-state index in [9.17, 15) is 13.2 Å². The van der Waals surface area contributed by atoms with E-state index in [0.29, 0.717) is 22.4 Å². The number of benzene rings is 2. The van der Waals surface area contributed by atoms with Crippen LogP contribution < -0.4 is 5.32 Å². The fourth-order valence-corrected chi connectivity index (χ4v) is 4.17. The molecule has 2 aromatic carbocycles. The third-order valence-electron chi connectivity index (χ3n) is 4.15. The highest BCUT2D eigenvalue weighted by atomic mass is 35.5. The molecule has 10 heteroatoms. The highest BCUT2D eigenvalue weighted by molar-refractivity contribution is 7.89. The van der Waals surface area contributed by atoms with E-state index in [0.717, 1.165) is 9.87 Å². The van der Waals surface area contributed by atoms with Gasteiger partial charge in [0.1, 0.15) is 5.82 Å². The molecule has 1 aromatic heterocycles. The van der Waals surface area contributed by atoms with Crippen LogP contribution in [-0.2, 0) is 21.4 Å². The van der Waals surface area contributed by atoms with E-state index < -0.39 is 15.9 Å². The summed E-state index contributed by atoms with van der Waals surface area (Å²) in [4.78, 5) is 12.5. The van der Waals surface area contributed by atoms with Crippen molar-refractivity contribution in [2.24, 2.45) is 0 Å². The number of likely N-dealkylation sites (N-methyl/N-ethyl adjacent to an activating group) is 1. The fraction of sp³-hybridized carbons (Fsp3) is 0.158. The summed E-state index contributed by atoms with van der Waals surface area (Å²) in [5, 5.41) is 7.70. The number of carbonyl (C=O) groups excluding carboxylic acids is 1. The van der Waals surface area contributed by atoms with Gasteiger partial charge < -0.3 is 5.32 Å². The van der Waals surface area contributed by atoms with Crippen molar-refractivity contribution in [1.29, 1.82) is 0 Å². The van der Waals surface area contributed by atoms with Crippen molar-refractivity contribution in [3.8, 4) is 0 Å². The first-order valence-electron chi connectivity index (χ1n) is 8.55. The zero-order valence-corrected chi connectivity index (χ0v) is 17.7. The number of halogens is 2. The van der Waals surface area contributed by atoms with Gasteiger partial charge in [0, 0.05) is 13.1 Å². The predicted octanol–water partition coefficient (Wildman–Crippen LogP) is 3.50. The van der Waals surface area contributed by atoms with E-state index in [2.05, 4.69) is 10.4 Å². The predicted molar refractivity (Wildman–Crippen MR) is 113 cm³/mol. The van der Waals surface area contributed by atoms with Gasteiger partial charge in [0.2, 0.25) is 15.9 Å². The Morgan fingerprint density at radius 2 is 1.83 bits per heavy atom. The summed E-state index contributed by atoms with van der Waals surface area (Å²) in [5.74, 6) is -0.0810. The molecule has 0 aliphatic heterocycles. The first-order valence-corrected chi connectivity index (χ1v) is 10.7. The Morgan fingerprint density at radius 3 is 2.55 bits per heavy atom. The molecule has 0 fully saturated rings. The van der Waals surface area contributed by atoms with Gasteiger partial charge >= 0.3 is 0 Å². The van der Waals surface area contributed by atoms with Crippen LogP contribution in [0.3, 0.4) is 0 Å². The lowest BCUT2D eigenvalue weighted by Gasteiger charge is -2.17. The highest BCUT2D eigenvalue weighted by Crippen LogP contribution is 2.26. The van der Waals surface area contributed by atoms with E-state index in [1.807, 2.05) is 6.07 Å². The summed E-state index contributed by atoms with van der Waals surface area (Å²) in [5.41, 5.74) is 0.738. The lowest BCUT2D eigenvalue weighted by atomic mass is 10.2. The van der Waals surface area contributed by atoms with Crippen LogP contribution in [0.25, 0.3) is 0 Å². The number of hydrogen-bond donors (Lipinski definition) is 1. The Bertz CT molecular complexity index is 1120. The quantitative estimate of drug-likeness (QED) is 0.594. The monoisotopic (exact) mass is 452 g/mol. The van der Waals surface area contributed by atoms with Gasteiger partial charge in [0.05, 0.1) is 34.2 Å². The molecule has 0 saturated heterocycles. The Hall–Kier alpha value is -2.39. The molecule has 0 saturated carbocycles. The van der Waals surface area contributed by atoms with Gasteiger partial charge in [-0.15, -0.1) is 0 Å². The molecule has 3 rings (SSSR count). The molecule has 0 aliphatic carbocycles. The molecule has 7 nitrogen and oxygen atoms in total.